The zero-order chi connectivity index (χ0) is 16.0. The Morgan fingerprint density at radius 2 is 1.91 bits per heavy atom. The number of fused-ring (bicyclic) bond motifs is 3. The average molecular weight is 296 g/mol. The minimum absolute atomic E-state index is 0.0127. The minimum Gasteiger partial charge on any atom is -0.508 e. The Bertz CT molecular complexity index is 727. The minimum atomic E-state index is -0.0127. The molecule has 0 aliphatic heterocycles. The highest BCUT2D eigenvalue weighted by Crippen LogP contribution is 2.61. The SMILES string of the molecule is C=C1C2=C3CC[C@@H]4C(=C3C[C@H](C)C(=O)C12)C(O)=C(C)C4(C)C. The first-order valence-electron chi connectivity index (χ1n) is 8.36. The van der Waals surface area contributed by atoms with Crippen molar-refractivity contribution in [2.45, 2.75) is 47.0 Å². The second-order valence-electron chi connectivity index (χ2n) is 8.04. The maximum atomic E-state index is 12.5. The van der Waals surface area contributed by atoms with Crippen molar-refractivity contribution in [3.8, 4) is 0 Å². The van der Waals surface area contributed by atoms with Gasteiger partial charge >= 0.3 is 0 Å². The lowest BCUT2D eigenvalue weighted by Gasteiger charge is -2.35. The van der Waals surface area contributed by atoms with E-state index in [9.17, 15) is 9.90 Å². The van der Waals surface area contributed by atoms with Crippen molar-refractivity contribution in [3.05, 3.63) is 45.8 Å². The molecule has 4 rings (SSSR count). The van der Waals surface area contributed by atoms with Gasteiger partial charge in [0.1, 0.15) is 11.5 Å². The Labute approximate surface area is 132 Å². The average Bonchev–Trinajstić information content (AvgIpc) is 3.11. The maximum Gasteiger partial charge on any atom is 0.147 e. The van der Waals surface area contributed by atoms with Gasteiger partial charge in [-0.05, 0) is 65.4 Å². The van der Waals surface area contributed by atoms with E-state index in [4.69, 9.17) is 0 Å². The van der Waals surface area contributed by atoms with E-state index in [1.165, 1.54) is 16.7 Å². The van der Waals surface area contributed by atoms with Crippen LogP contribution in [0.15, 0.2) is 45.8 Å². The monoisotopic (exact) mass is 296 g/mol. The van der Waals surface area contributed by atoms with Crippen LogP contribution in [0, 0.1) is 23.2 Å². The molecule has 22 heavy (non-hydrogen) atoms. The molecule has 1 fully saturated rings. The van der Waals surface area contributed by atoms with Gasteiger partial charge in [0, 0.05) is 11.5 Å². The molecule has 0 saturated heterocycles. The molecule has 1 saturated carbocycles. The second-order valence-corrected chi connectivity index (χ2v) is 8.04. The lowest BCUT2D eigenvalue weighted by Crippen LogP contribution is -2.25. The molecule has 0 aromatic rings. The molecule has 0 radical (unpaired) electrons. The van der Waals surface area contributed by atoms with E-state index in [1.54, 1.807) is 0 Å². The predicted molar refractivity (Wildman–Crippen MR) is 87.3 cm³/mol. The number of carbonyl (C=O) groups is 1. The Morgan fingerprint density at radius 3 is 2.59 bits per heavy atom. The molecule has 0 spiro atoms. The number of hydrogen-bond acceptors (Lipinski definition) is 2. The standard InChI is InChI=1S/C20H24O2/c1-9-8-13-12(15-10(2)16(15)18(9)21)6-7-14-17(13)19(22)11(3)20(14,4)5/h9,14,16,22H,2,6-8H2,1,3-5H3/t9-,14+,16?/m0/s1. The molecule has 2 heteroatoms. The third kappa shape index (κ3) is 1.48. The number of aliphatic hydroxyl groups is 1. The summed E-state index contributed by atoms with van der Waals surface area (Å²) in [5, 5.41) is 10.8. The zero-order valence-corrected chi connectivity index (χ0v) is 13.9. The number of rotatable bonds is 0. The molecule has 0 heterocycles. The highest BCUT2D eigenvalue weighted by Gasteiger charge is 2.52. The molecule has 0 amide bonds. The van der Waals surface area contributed by atoms with Crippen molar-refractivity contribution >= 4 is 5.78 Å². The van der Waals surface area contributed by atoms with Crippen molar-refractivity contribution in [1.82, 2.24) is 0 Å². The van der Waals surface area contributed by atoms with E-state index in [2.05, 4.69) is 27.4 Å². The molecule has 0 aromatic carbocycles. The summed E-state index contributed by atoms with van der Waals surface area (Å²) < 4.78 is 0. The number of carbonyl (C=O) groups excluding carboxylic acids is 1. The van der Waals surface area contributed by atoms with Crippen LogP contribution in [0.4, 0.5) is 0 Å². The summed E-state index contributed by atoms with van der Waals surface area (Å²) in [4.78, 5) is 12.5. The predicted octanol–water partition coefficient (Wildman–Crippen LogP) is 4.66. The summed E-state index contributed by atoms with van der Waals surface area (Å²) in [7, 11) is 0. The summed E-state index contributed by atoms with van der Waals surface area (Å²) in [5.74, 6) is 1.21. The Kier molecular flexibility index (Phi) is 2.58. The zero-order valence-electron chi connectivity index (χ0n) is 13.9. The van der Waals surface area contributed by atoms with Crippen LogP contribution in [0.25, 0.3) is 0 Å². The van der Waals surface area contributed by atoms with Crippen LogP contribution in [-0.4, -0.2) is 10.9 Å². The fraction of sp³-hybridized carbons (Fsp3) is 0.550. The van der Waals surface area contributed by atoms with Crippen molar-refractivity contribution in [2.24, 2.45) is 23.2 Å². The van der Waals surface area contributed by atoms with E-state index in [-0.39, 0.29) is 17.3 Å². The van der Waals surface area contributed by atoms with Gasteiger partial charge in [-0.3, -0.25) is 4.79 Å². The van der Waals surface area contributed by atoms with Crippen molar-refractivity contribution < 1.29 is 9.90 Å². The van der Waals surface area contributed by atoms with Crippen LogP contribution < -0.4 is 0 Å². The maximum absolute atomic E-state index is 12.5. The first-order chi connectivity index (χ1) is 10.3. The van der Waals surface area contributed by atoms with Gasteiger partial charge in [-0.25, -0.2) is 0 Å². The fourth-order valence-electron chi connectivity index (χ4n) is 4.93. The Morgan fingerprint density at radius 1 is 1.23 bits per heavy atom. The van der Waals surface area contributed by atoms with Gasteiger partial charge in [0.15, 0.2) is 0 Å². The molecule has 4 aliphatic rings. The smallest absolute Gasteiger partial charge is 0.147 e. The van der Waals surface area contributed by atoms with Gasteiger partial charge in [-0.2, -0.15) is 0 Å². The highest BCUT2D eigenvalue weighted by molar-refractivity contribution is 5.99. The summed E-state index contributed by atoms with van der Waals surface area (Å²) in [6.45, 7) is 12.7. The normalized spacial score (nSPS) is 36.3. The van der Waals surface area contributed by atoms with E-state index in [0.717, 1.165) is 36.0 Å². The number of ketones is 1. The second kappa shape index (κ2) is 4.04. The molecule has 0 aromatic heterocycles. The number of Topliss-reactive ketones (excluding diaryl/α,β-unsaturated/α-hetero) is 1. The van der Waals surface area contributed by atoms with Crippen LogP contribution >= 0.6 is 0 Å². The quantitative estimate of drug-likeness (QED) is 0.706. The number of hydrogen-bond donors (Lipinski definition) is 1. The summed E-state index contributed by atoms with van der Waals surface area (Å²) in [6.07, 6.45) is 2.87. The van der Waals surface area contributed by atoms with Crippen LogP contribution in [0.2, 0.25) is 0 Å². The van der Waals surface area contributed by atoms with Crippen LogP contribution in [0.1, 0.15) is 47.0 Å². The largest absolute Gasteiger partial charge is 0.508 e. The van der Waals surface area contributed by atoms with Crippen LogP contribution in [-0.2, 0) is 4.79 Å². The summed E-state index contributed by atoms with van der Waals surface area (Å²) >= 11 is 0. The molecule has 116 valence electrons. The van der Waals surface area contributed by atoms with Gasteiger partial charge < -0.3 is 5.11 Å². The first kappa shape index (κ1) is 14.0. The topological polar surface area (TPSA) is 37.3 Å². The van der Waals surface area contributed by atoms with Gasteiger partial charge in [-0.15, -0.1) is 0 Å². The number of aliphatic hydroxyl groups excluding tert-OH is 1. The molecule has 4 aliphatic carbocycles. The lowest BCUT2D eigenvalue weighted by molar-refractivity contribution is -0.122. The molecule has 1 unspecified atom stereocenters. The van der Waals surface area contributed by atoms with Gasteiger partial charge in [-0.1, -0.05) is 27.4 Å². The van der Waals surface area contributed by atoms with E-state index >= 15 is 0 Å². The Hall–Kier alpha value is -1.57. The molecular weight excluding hydrogens is 272 g/mol. The van der Waals surface area contributed by atoms with E-state index in [0.29, 0.717) is 17.5 Å². The van der Waals surface area contributed by atoms with Gasteiger partial charge in [0.2, 0.25) is 0 Å². The van der Waals surface area contributed by atoms with Gasteiger partial charge in [0.25, 0.3) is 0 Å². The summed E-state index contributed by atoms with van der Waals surface area (Å²) in [6, 6.07) is 0. The molecule has 1 N–H and O–H groups in total. The third-order valence-corrected chi connectivity index (χ3v) is 6.67. The highest BCUT2D eigenvalue weighted by atomic mass is 16.3. The van der Waals surface area contributed by atoms with Crippen molar-refractivity contribution in [2.75, 3.05) is 0 Å². The van der Waals surface area contributed by atoms with E-state index < -0.39 is 0 Å². The van der Waals surface area contributed by atoms with E-state index in [1.807, 2.05) is 6.92 Å². The first-order valence-corrected chi connectivity index (χ1v) is 8.36. The van der Waals surface area contributed by atoms with Crippen LogP contribution in [0.5, 0.6) is 0 Å². The molecule has 3 atom stereocenters. The third-order valence-electron chi connectivity index (χ3n) is 6.67. The molecule has 2 nitrogen and oxygen atoms in total. The Balaban J connectivity index is 1.97. The fourth-order valence-corrected chi connectivity index (χ4v) is 4.93. The molecule has 0 bridgehead atoms. The summed E-state index contributed by atoms with van der Waals surface area (Å²) in [5.41, 5.74) is 7.07. The van der Waals surface area contributed by atoms with Crippen LogP contribution in [0.3, 0.4) is 0 Å². The number of allylic oxidation sites excluding steroid dienone is 6. The lowest BCUT2D eigenvalue weighted by atomic mass is 9.69. The van der Waals surface area contributed by atoms with Gasteiger partial charge in [0.05, 0.1) is 5.92 Å². The van der Waals surface area contributed by atoms with Crippen molar-refractivity contribution in [3.63, 3.8) is 0 Å². The van der Waals surface area contributed by atoms with Crippen molar-refractivity contribution in [1.29, 1.82) is 0 Å². The molecular formula is C20H24O2.